The molecule has 0 radical (unpaired) electrons. The fourth-order valence-electron chi connectivity index (χ4n) is 2.99. The number of benzene rings is 2. The molecule has 0 unspecified atom stereocenters. The molecule has 0 aliphatic rings. The highest BCUT2D eigenvalue weighted by molar-refractivity contribution is 7.92. The number of nitrogens with zero attached hydrogens (tertiary/aromatic N) is 3. The van der Waals surface area contributed by atoms with Crippen LogP contribution in [0.3, 0.4) is 0 Å². The summed E-state index contributed by atoms with van der Waals surface area (Å²) in [6, 6.07) is 13.8. The van der Waals surface area contributed by atoms with E-state index < -0.39 is 10.0 Å². The minimum atomic E-state index is -3.55. The number of hydrogen-bond donors (Lipinski definition) is 1. The van der Waals surface area contributed by atoms with Gasteiger partial charge in [0, 0.05) is 23.6 Å². The minimum absolute atomic E-state index is 0.0712. The third kappa shape index (κ3) is 6.21. The summed E-state index contributed by atoms with van der Waals surface area (Å²) in [6.07, 6.45) is 1.56. The fourth-order valence-corrected chi connectivity index (χ4v) is 4.08. The number of carbonyl (C=O) groups excluding carboxylic acids is 1. The van der Waals surface area contributed by atoms with E-state index in [2.05, 4.69) is 15.5 Å². The van der Waals surface area contributed by atoms with Crippen molar-refractivity contribution in [3.8, 4) is 17.1 Å². The second-order valence-corrected chi connectivity index (χ2v) is 9.25. The summed E-state index contributed by atoms with van der Waals surface area (Å²) >= 11 is 5.87. The van der Waals surface area contributed by atoms with Gasteiger partial charge >= 0.3 is 0 Å². The topological polar surface area (TPSA) is 115 Å². The lowest BCUT2D eigenvalue weighted by atomic mass is 10.2. The Morgan fingerprint density at radius 2 is 1.91 bits per heavy atom. The van der Waals surface area contributed by atoms with Crippen molar-refractivity contribution in [3.05, 3.63) is 59.4 Å². The molecule has 0 spiro atoms. The van der Waals surface area contributed by atoms with E-state index in [1.165, 1.54) is 11.4 Å². The van der Waals surface area contributed by atoms with Gasteiger partial charge in [-0.25, -0.2) is 8.42 Å². The number of para-hydroxylation sites is 2. The van der Waals surface area contributed by atoms with Crippen molar-refractivity contribution in [3.63, 3.8) is 0 Å². The third-order valence-electron chi connectivity index (χ3n) is 4.53. The molecular formula is C21H23ClN4O5S. The Balaban J connectivity index is 1.52. The van der Waals surface area contributed by atoms with Crippen LogP contribution >= 0.6 is 11.6 Å². The molecule has 32 heavy (non-hydrogen) atoms. The Bertz CT molecular complexity index is 1160. The number of hydrogen-bond acceptors (Lipinski definition) is 7. The molecule has 170 valence electrons. The van der Waals surface area contributed by atoms with Crippen LogP contribution < -0.4 is 14.4 Å². The van der Waals surface area contributed by atoms with Gasteiger partial charge in [-0.2, -0.15) is 4.98 Å². The molecule has 0 saturated heterocycles. The van der Waals surface area contributed by atoms with Gasteiger partial charge in [-0.15, -0.1) is 0 Å². The van der Waals surface area contributed by atoms with Crippen molar-refractivity contribution in [1.29, 1.82) is 0 Å². The maximum absolute atomic E-state index is 12.3. The predicted octanol–water partition coefficient (Wildman–Crippen LogP) is 3.26. The Morgan fingerprint density at radius 3 is 2.59 bits per heavy atom. The first kappa shape index (κ1) is 23.6. The monoisotopic (exact) mass is 478 g/mol. The highest BCUT2D eigenvalue weighted by Gasteiger charge is 2.21. The van der Waals surface area contributed by atoms with Gasteiger partial charge in [-0.1, -0.05) is 28.9 Å². The molecule has 1 aromatic heterocycles. The van der Waals surface area contributed by atoms with Crippen LogP contribution in [0.25, 0.3) is 11.4 Å². The quantitative estimate of drug-likeness (QED) is 0.475. The molecule has 0 bridgehead atoms. The zero-order valence-corrected chi connectivity index (χ0v) is 19.2. The van der Waals surface area contributed by atoms with Crippen molar-refractivity contribution in [2.45, 2.75) is 19.4 Å². The maximum Gasteiger partial charge on any atom is 0.246 e. The number of amides is 1. The van der Waals surface area contributed by atoms with Gasteiger partial charge in [-0.05, 0) is 42.8 Å². The van der Waals surface area contributed by atoms with Crippen LogP contribution in [0.2, 0.25) is 5.02 Å². The second-order valence-electron chi connectivity index (χ2n) is 6.91. The molecule has 1 N–H and O–H groups in total. The molecule has 0 aliphatic carbocycles. The van der Waals surface area contributed by atoms with E-state index in [1.807, 2.05) is 0 Å². The first-order valence-corrected chi connectivity index (χ1v) is 12.0. The standard InChI is InChI=1S/C21H23ClN4O5S/c1-30-18-7-4-3-6-17(18)26(32(2,28)29)13-5-8-19(27)23-14-20-24-21(25-31-20)15-9-11-16(22)12-10-15/h3-4,6-7,9-12H,5,8,13-14H2,1-2H3,(H,23,27). The third-order valence-corrected chi connectivity index (χ3v) is 5.96. The summed E-state index contributed by atoms with van der Waals surface area (Å²) in [5, 5.41) is 7.19. The van der Waals surface area contributed by atoms with Crippen LogP contribution in [0.15, 0.2) is 53.1 Å². The molecule has 0 atom stereocenters. The summed E-state index contributed by atoms with van der Waals surface area (Å²) in [4.78, 5) is 16.5. The van der Waals surface area contributed by atoms with E-state index >= 15 is 0 Å². The van der Waals surface area contributed by atoms with Crippen molar-refractivity contribution in [2.24, 2.45) is 0 Å². The highest BCUT2D eigenvalue weighted by Crippen LogP contribution is 2.29. The predicted molar refractivity (Wildman–Crippen MR) is 121 cm³/mol. The van der Waals surface area contributed by atoms with E-state index in [0.29, 0.717) is 28.7 Å². The SMILES string of the molecule is COc1ccccc1N(CCCC(=O)NCc1nc(-c2ccc(Cl)cc2)no1)S(C)(=O)=O. The molecule has 0 fully saturated rings. The van der Waals surface area contributed by atoms with Crippen LogP contribution in [-0.2, 0) is 21.4 Å². The highest BCUT2D eigenvalue weighted by atomic mass is 35.5. The Kier molecular flexibility index (Phi) is 7.70. The molecule has 2 aromatic carbocycles. The van der Waals surface area contributed by atoms with Gasteiger partial charge in [-0.3, -0.25) is 9.10 Å². The lowest BCUT2D eigenvalue weighted by Gasteiger charge is -2.24. The maximum atomic E-state index is 12.3. The van der Waals surface area contributed by atoms with E-state index in [-0.39, 0.29) is 31.3 Å². The largest absolute Gasteiger partial charge is 0.495 e. The van der Waals surface area contributed by atoms with Crippen LogP contribution in [0.1, 0.15) is 18.7 Å². The molecule has 9 nitrogen and oxygen atoms in total. The molecule has 1 amide bonds. The van der Waals surface area contributed by atoms with Gasteiger partial charge in [0.2, 0.25) is 27.6 Å². The average Bonchev–Trinajstić information content (AvgIpc) is 3.24. The van der Waals surface area contributed by atoms with Crippen molar-refractivity contribution in [1.82, 2.24) is 15.5 Å². The van der Waals surface area contributed by atoms with E-state index in [4.69, 9.17) is 20.9 Å². The zero-order chi connectivity index (χ0) is 23.1. The van der Waals surface area contributed by atoms with Crippen molar-refractivity contribution < 1.29 is 22.5 Å². The Morgan fingerprint density at radius 1 is 1.19 bits per heavy atom. The molecule has 11 heteroatoms. The van der Waals surface area contributed by atoms with Crippen LogP contribution in [0.4, 0.5) is 5.69 Å². The summed E-state index contributed by atoms with van der Waals surface area (Å²) in [5.74, 6) is 0.835. The Labute approximate surface area is 191 Å². The second kappa shape index (κ2) is 10.5. The van der Waals surface area contributed by atoms with Crippen LogP contribution in [0, 0.1) is 0 Å². The number of methoxy groups -OCH3 is 1. The minimum Gasteiger partial charge on any atom is -0.495 e. The average molecular weight is 479 g/mol. The lowest BCUT2D eigenvalue weighted by Crippen LogP contribution is -2.32. The van der Waals surface area contributed by atoms with Gasteiger partial charge in [0.15, 0.2) is 0 Å². The first-order chi connectivity index (χ1) is 15.3. The molecule has 3 rings (SSSR count). The van der Waals surface area contributed by atoms with Crippen LogP contribution in [-0.4, -0.2) is 44.4 Å². The number of nitrogens with one attached hydrogen (secondary N) is 1. The summed E-state index contributed by atoms with van der Waals surface area (Å²) in [6.45, 7) is 0.204. The number of rotatable bonds is 10. The summed E-state index contributed by atoms with van der Waals surface area (Å²) < 4.78 is 36.2. The number of ether oxygens (including phenoxy) is 1. The van der Waals surface area contributed by atoms with E-state index in [1.54, 1.807) is 48.5 Å². The molecule has 3 aromatic rings. The van der Waals surface area contributed by atoms with Crippen LogP contribution in [0.5, 0.6) is 5.75 Å². The normalized spacial score (nSPS) is 11.2. The van der Waals surface area contributed by atoms with Gasteiger partial charge in [0.1, 0.15) is 5.75 Å². The van der Waals surface area contributed by atoms with Gasteiger partial charge in [0.05, 0.1) is 25.6 Å². The van der Waals surface area contributed by atoms with E-state index in [0.717, 1.165) is 11.8 Å². The smallest absolute Gasteiger partial charge is 0.246 e. The number of anilines is 1. The van der Waals surface area contributed by atoms with Gasteiger partial charge in [0.25, 0.3) is 0 Å². The van der Waals surface area contributed by atoms with Gasteiger partial charge < -0.3 is 14.6 Å². The number of carbonyl (C=O) groups is 1. The number of aromatic nitrogens is 2. The summed E-state index contributed by atoms with van der Waals surface area (Å²) in [7, 11) is -2.08. The Hall–Kier alpha value is -3.11. The fraction of sp³-hybridized carbons (Fsp3) is 0.286. The number of halogens is 1. The zero-order valence-electron chi connectivity index (χ0n) is 17.6. The molecule has 0 aliphatic heterocycles. The molecule has 0 saturated carbocycles. The van der Waals surface area contributed by atoms with Crippen molar-refractivity contribution >= 4 is 33.2 Å². The molecule has 1 heterocycles. The number of sulfonamides is 1. The molecular weight excluding hydrogens is 456 g/mol. The summed E-state index contributed by atoms with van der Waals surface area (Å²) in [5.41, 5.74) is 1.17. The lowest BCUT2D eigenvalue weighted by molar-refractivity contribution is -0.121. The van der Waals surface area contributed by atoms with E-state index in [9.17, 15) is 13.2 Å². The first-order valence-electron chi connectivity index (χ1n) is 9.74. The van der Waals surface area contributed by atoms with Crippen molar-refractivity contribution in [2.75, 3.05) is 24.2 Å².